The Morgan fingerprint density at radius 1 is 1.06 bits per heavy atom. The lowest BCUT2D eigenvalue weighted by Gasteiger charge is -2.37. The van der Waals surface area contributed by atoms with E-state index >= 15 is 0 Å². The predicted molar refractivity (Wildman–Crippen MR) is 143 cm³/mol. The molecule has 0 aliphatic carbocycles. The molecule has 36 heavy (non-hydrogen) atoms. The van der Waals surface area contributed by atoms with E-state index in [2.05, 4.69) is 15.9 Å². The van der Waals surface area contributed by atoms with Crippen LogP contribution in [0.4, 0.5) is 11.4 Å². The minimum atomic E-state index is -0.550. The van der Waals surface area contributed by atoms with Crippen LogP contribution in [0.25, 0.3) is 11.3 Å². The molecule has 1 unspecified atom stereocenters. The first-order valence-corrected chi connectivity index (χ1v) is 12.9. The molecule has 1 aromatic heterocycles. The standard InChI is InChI=1S/C27H33ClN6O2/c1-19(35)33-11-10-25-23(18-33)27(20-6-8-21(28)9-7-20)30-34(25)17-22(36)16-31-12-14-32(15-13-31)26-5-3-2-4-24(26)29/h2-9,22,36H,10-18,29H2,1H3. The molecule has 2 aliphatic heterocycles. The molecule has 0 radical (unpaired) electrons. The van der Waals surface area contributed by atoms with Gasteiger partial charge in [0.25, 0.3) is 0 Å². The summed E-state index contributed by atoms with van der Waals surface area (Å²) in [6.07, 6.45) is 0.172. The summed E-state index contributed by atoms with van der Waals surface area (Å²) in [5.74, 6) is 0.0619. The van der Waals surface area contributed by atoms with Gasteiger partial charge < -0.3 is 20.6 Å². The maximum atomic E-state index is 12.1. The zero-order valence-corrected chi connectivity index (χ0v) is 21.4. The van der Waals surface area contributed by atoms with Gasteiger partial charge in [0.1, 0.15) is 0 Å². The van der Waals surface area contributed by atoms with Gasteiger partial charge in [0.05, 0.1) is 29.7 Å². The molecule has 9 heteroatoms. The van der Waals surface area contributed by atoms with Gasteiger partial charge in [-0.15, -0.1) is 0 Å². The lowest BCUT2D eigenvalue weighted by Crippen LogP contribution is -2.49. The first kappa shape index (κ1) is 24.6. The van der Waals surface area contributed by atoms with Crippen molar-refractivity contribution in [1.82, 2.24) is 19.6 Å². The van der Waals surface area contributed by atoms with Crippen LogP contribution >= 0.6 is 11.6 Å². The highest BCUT2D eigenvalue weighted by molar-refractivity contribution is 6.30. The van der Waals surface area contributed by atoms with E-state index in [4.69, 9.17) is 22.4 Å². The van der Waals surface area contributed by atoms with Crippen LogP contribution in [0.3, 0.4) is 0 Å². The Balaban J connectivity index is 1.27. The molecular formula is C27H33ClN6O2. The number of piperazine rings is 1. The van der Waals surface area contributed by atoms with Crippen molar-refractivity contribution in [2.45, 2.75) is 32.5 Å². The number of hydrogen-bond acceptors (Lipinski definition) is 6. The van der Waals surface area contributed by atoms with Gasteiger partial charge in [-0.3, -0.25) is 14.4 Å². The second-order valence-corrected chi connectivity index (χ2v) is 10.1. The highest BCUT2D eigenvalue weighted by Gasteiger charge is 2.28. The van der Waals surface area contributed by atoms with Crippen molar-refractivity contribution in [3.8, 4) is 11.3 Å². The summed E-state index contributed by atoms with van der Waals surface area (Å²) < 4.78 is 1.95. The van der Waals surface area contributed by atoms with Crippen LogP contribution in [0.1, 0.15) is 18.2 Å². The number of hydrogen-bond donors (Lipinski definition) is 2. The number of aromatic nitrogens is 2. The average molecular weight is 509 g/mol. The normalized spacial score (nSPS) is 17.2. The Hall–Kier alpha value is -3.07. The van der Waals surface area contributed by atoms with Crippen LogP contribution in [0.15, 0.2) is 48.5 Å². The summed E-state index contributed by atoms with van der Waals surface area (Å²) >= 11 is 6.10. The van der Waals surface area contributed by atoms with Gasteiger partial charge in [0.2, 0.25) is 5.91 Å². The third-order valence-corrected chi connectivity index (χ3v) is 7.45. The van der Waals surface area contributed by atoms with Crippen molar-refractivity contribution in [3.63, 3.8) is 0 Å². The van der Waals surface area contributed by atoms with Crippen molar-refractivity contribution in [2.24, 2.45) is 0 Å². The lowest BCUT2D eigenvalue weighted by atomic mass is 10.0. The van der Waals surface area contributed by atoms with E-state index in [1.54, 1.807) is 6.92 Å². The first-order chi connectivity index (χ1) is 17.4. The minimum absolute atomic E-state index is 0.0619. The topological polar surface area (TPSA) is 90.9 Å². The molecule has 3 heterocycles. The van der Waals surface area contributed by atoms with Crippen molar-refractivity contribution < 1.29 is 9.90 Å². The largest absolute Gasteiger partial charge is 0.397 e. The fraction of sp³-hybridized carbons (Fsp3) is 0.407. The SMILES string of the molecule is CC(=O)N1CCc2c(c(-c3ccc(Cl)cc3)nn2CC(O)CN2CCN(c3ccccc3N)CC2)C1. The Bertz CT molecular complexity index is 1220. The number of aliphatic hydroxyl groups is 1. The third-order valence-electron chi connectivity index (χ3n) is 7.20. The van der Waals surface area contributed by atoms with Crippen molar-refractivity contribution in [1.29, 1.82) is 0 Å². The average Bonchev–Trinajstić information content (AvgIpc) is 3.22. The zero-order chi connectivity index (χ0) is 25.2. The highest BCUT2D eigenvalue weighted by atomic mass is 35.5. The lowest BCUT2D eigenvalue weighted by molar-refractivity contribution is -0.129. The van der Waals surface area contributed by atoms with Gasteiger partial charge in [-0.2, -0.15) is 5.10 Å². The number of para-hydroxylation sites is 2. The Kier molecular flexibility index (Phi) is 7.18. The second-order valence-electron chi connectivity index (χ2n) is 9.65. The summed E-state index contributed by atoms with van der Waals surface area (Å²) in [7, 11) is 0. The van der Waals surface area contributed by atoms with Crippen LogP contribution in [0, 0.1) is 0 Å². The van der Waals surface area contributed by atoms with E-state index in [0.29, 0.717) is 31.2 Å². The molecule has 3 aromatic rings. The van der Waals surface area contributed by atoms with E-state index in [1.165, 1.54) is 0 Å². The Morgan fingerprint density at radius 3 is 2.47 bits per heavy atom. The number of aliphatic hydroxyl groups excluding tert-OH is 1. The number of β-amino-alcohol motifs (C(OH)–C–C–N with tert-alkyl or cyclic N) is 1. The second kappa shape index (κ2) is 10.5. The van der Waals surface area contributed by atoms with Gasteiger partial charge in [0, 0.05) is 81.0 Å². The van der Waals surface area contributed by atoms with Crippen LogP contribution in [0.5, 0.6) is 0 Å². The molecule has 1 atom stereocenters. The maximum absolute atomic E-state index is 12.1. The van der Waals surface area contributed by atoms with Crippen molar-refractivity contribution in [3.05, 3.63) is 64.8 Å². The molecule has 2 aromatic carbocycles. The fourth-order valence-electron chi connectivity index (χ4n) is 5.25. The number of rotatable bonds is 6. The fourth-order valence-corrected chi connectivity index (χ4v) is 5.38. The van der Waals surface area contributed by atoms with Crippen molar-refractivity contribution in [2.75, 3.05) is 49.9 Å². The number of carbonyl (C=O) groups excluding carboxylic acids is 1. The number of amides is 1. The molecule has 1 amide bonds. The number of anilines is 2. The maximum Gasteiger partial charge on any atom is 0.219 e. The molecule has 0 spiro atoms. The number of carbonyl (C=O) groups is 1. The van der Waals surface area contributed by atoms with Gasteiger partial charge in [-0.1, -0.05) is 35.9 Å². The summed E-state index contributed by atoms with van der Waals surface area (Å²) in [4.78, 5) is 18.5. The van der Waals surface area contributed by atoms with Crippen molar-refractivity contribution >= 4 is 28.9 Å². The number of nitrogens with zero attached hydrogens (tertiary/aromatic N) is 5. The molecule has 2 aliphatic rings. The van der Waals surface area contributed by atoms with Crippen LogP contribution in [-0.2, 0) is 24.3 Å². The number of nitrogen functional groups attached to an aromatic ring is 1. The minimum Gasteiger partial charge on any atom is -0.397 e. The summed E-state index contributed by atoms with van der Waals surface area (Å²) in [5, 5.41) is 16.6. The Labute approximate surface area is 216 Å². The van der Waals surface area contributed by atoms with E-state index in [-0.39, 0.29) is 5.91 Å². The van der Waals surface area contributed by atoms with Crippen LogP contribution in [0.2, 0.25) is 5.02 Å². The number of benzene rings is 2. The predicted octanol–water partition coefficient (Wildman–Crippen LogP) is 2.87. The monoisotopic (exact) mass is 508 g/mol. The zero-order valence-electron chi connectivity index (χ0n) is 20.6. The molecule has 0 bridgehead atoms. The first-order valence-electron chi connectivity index (χ1n) is 12.5. The third kappa shape index (κ3) is 5.21. The molecule has 5 rings (SSSR count). The molecular weight excluding hydrogens is 476 g/mol. The van der Waals surface area contributed by atoms with E-state index in [9.17, 15) is 9.90 Å². The van der Waals surface area contributed by atoms with Crippen LogP contribution < -0.4 is 10.6 Å². The molecule has 190 valence electrons. The van der Waals surface area contributed by atoms with E-state index in [0.717, 1.165) is 66.5 Å². The van der Waals surface area contributed by atoms with Gasteiger partial charge in [0.15, 0.2) is 0 Å². The smallest absolute Gasteiger partial charge is 0.219 e. The quantitative estimate of drug-likeness (QED) is 0.498. The molecule has 1 saturated heterocycles. The molecule has 1 fully saturated rings. The van der Waals surface area contributed by atoms with Gasteiger partial charge in [-0.25, -0.2) is 0 Å². The molecule has 0 saturated carbocycles. The molecule has 3 N–H and O–H groups in total. The van der Waals surface area contributed by atoms with Gasteiger partial charge >= 0.3 is 0 Å². The summed E-state index contributed by atoms with van der Waals surface area (Å²) in [5.41, 5.74) is 12.0. The van der Waals surface area contributed by atoms with E-state index in [1.807, 2.05) is 52.0 Å². The number of halogens is 1. The van der Waals surface area contributed by atoms with Gasteiger partial charge in [-0.05, 0) is 24.3 Å². The van der Waals surface area contributed by atoms with E-state index < -0.39 is 6.10 Å². The summed E-state index contributed by atoms with van der Waals surface area (Å²) in [6.45, 7) is 7.29. The Morgan fingerprint density at radius 2 is 1.78 bits per heavy atom. The van der Waals surface area contributed by atoms with Crippen LogP contribution in [-0.4, -0.2) is 76.0 Å². The highest BCUT2D eigenvalue weighted by Crippen LogP contribution is 2.31. The number of nitrogens with two attached hydrogens (primary N) is 1. The summed E-state index contributed by atoms with van der Waals surface area (Å²) in [6, 6.07) is 15.6. The molecule has 8 nitrogen and oxygen atoms in total. The number of fused-ring (bicyclic) bond motifs is 1.